The SMILES string of the molecule is COc1cc(-c2cc(C(=O)O)c3c(-c4ccc(F)cc4)[nH]nc3n2)cc(OC)c1OC. The number of methoxy groups -OCH3 is 3. The zero-order valence-electron chi connectivity index (χ0n) is 16.9. The van der Waals surface area contributed by atoms with Gasteiger partial charge in [0.1, 0.15) is 5.82 Å². The number of carboxylic acid groups (broad SMARTS) is 1. The van der Waals surface area contributed by atoms with Gasteiger partial charge in [-0.3, -0.25) is 5.10 Å². The lowest BCUT2D eigenvalue weighted by atomic mass is 10.0. The van der Waals surface area contributed by atoms with Gasteiger partial charge in [-0.05, 0) is 42.5 Å². The molecule has 31 heavy (non-hydrogen) atoms. The number of nitrogens with one attached hydrogen (secondary N) is 1. The molecule has 158 valence electrons. The molecule has 0 aliphatic rings. The highest BCUT2D eigenvalue weighted by molar-refractivity contribution is 6.08. The minimum Gasteiger partial charge on any atom is -0.493 e. The Morgan fingerprint density at radius 1 is 0.968 bits per heavy atom. The fourth-order valence-corrected chi connectivity index (χ4v) is 3.39. The number of nitrogens with zero attached hydrogens (tertiary/aromatic N) is 2. The molecule has 8 nitrogen and oxygen atoms in total. The number of halogens is 1. The molecule has 0 spiro atoms. The molecule has 0 fully saturated rings. The van der Waals surface area contributed by atoms with Crippen LogP contribution in [0.2, 0.25) is 0 Å². The number of aromatic nitrogens is 3. The van der Waals surface area contributed by atoms with Crippen molar-refractivity contribution in [1.29, 1.82) is 0 Å². The molecule has 2 aromatic carbocycles. The lowest BCUT2D eigenvalue weighted by molar-refractivity contribution is 0.0699. The van der Waals surface area contributed by atoms with Crippen LogP contribution in [0.1, 0.15) is 10.4 Å². The fourth-order valence-electron chi connectivity index (χ4n) is 3.39. The number of ether oxygens (including phenoxy) is 3. The van der Waals surface area contributed by atoms with Crippen LogP contribution in [0, 0.1) is 5.82 Å². The van der Waals surface area contributed by atoms with E-state index in [0.717, 1.165) is 0 Å². The van der Waals surface area contributed by atoms with Crippen LogP contribution in [0.15, 0.2) is 42.5 Å². The highest BCUT2D eigenvalue weighted by Crippen LogP contribution is 2.41. The number of rotatable bonds is 6. The molecule has 9 heteroatoms. The first-order chi connectivity index (χ1) is 15.0. The first kappa shape index (κ1) is 20.1. The highest BCUT2D eigenvalue weighted by atomic mass is 19.1. The molecule has 4 rings (SSSR count). The Bertz CT molecular complexity index is 1260. The average Bonchev–Trinajstić information content (AvgIpc) is 3.21. The summed E-state index contributed by atoms with van der Waals surface area (Å²) in [5.41, 5.74) is 2.17. The second-order valence-electron chi connectivity index (χ2n) is 6.58. The van der Waals surface area contributed by atoms with Crippen molar-refractivity contribution in [2.75, 3.05) is 21.3 Å². The van der Waals surface area contributed by atoms with Gasteiger partial charge in [0.25, 0.3) is 0 Å². The number of carboxylic acids is 1. The second-order valence-corrected chi connectivity index (χ2v) is 6.58. The Hall–Kier alpha value is -4.14. The maximum Gasteiger partial charge on any atom is 0.336 e. The van der Waals surface area contributed by atoms with E-state index in [4.69, 9.17) is 14.2 Å². The molecular formula is C22H18FN3O5. The first-order valence-corrected chi connectivity index (χ1v) is 9.15. The molecule has 0 amide bonds. The second kappa shape index (κ2) is 7.94. The fraction of sp³-hybridized carbons (Fsp3) is 0.136. The number of aromatic amines is 1. The van der Waals surface area contributed by atoms with E-state index in [2.05, 4.69) is 15.2 Å². The van der Waals surface area contributed by atoms with E-state index in [0.29, 0.717) is 45.1 Å². The molecule has 0 atom stereocenters. The summed E-state index contributed by atoms with van der Waals surface area (Å²) in [4.78, 5) is 16.6. The lowest BCUT2D eigenvalue weighted by Gasteiger charge is -2.14. The minimum atomic E-state index is -1.15. The van der Waals surface area contributed by atoms with Gasteiger partial charge in [0.15, 0.2) is 17.1 Å². The maximum absolute atomic E-state index is 13.3. The summed E-state index contributed by atoms with van der Waals surface area (Å²) in [5, 5.41) is 17.2. The van der Waals surface area contributed by atoms with Crippen LogP contribution in [-0.4, -0.2) is 47.6 Å². The van der Waals surface area contributed by atoms with E-state index in [-0.39, 0.29) is 11.2 Å². The zero-order chi connectivity index (χ0) is 22.1. The monoisotopic (exact) mass is 423 g/mol. The molecule has 0 saturated heterocycles. The molecule has 0 aliphatic heterocycles. The van der Waals surface area contributed by atoms with E-state index in [9.17, 15) is 14.3 Å². The molecule has 0 unspecified atom stereocenters. The Labute approximate surface area is 176 Å². The molecule has 2 N–H and O–H groups in total. The van der Waals surface area contributed by atoms with Gasteiger partial charge in [0.05, 0.1) is 43.7 Å². The summed E-state index contributed by atoms with van der Waals surface area (Å²) < 4.78 is 29.4. The normalized spacial score (nSPS) is 10.8. The third-order valence-corrected chi connectivity index (χ3v) is 4.85. The molecule has 0 saturated carbocycles. The molecule has 0 radical (unpaired) electrons. The van der Waals surface area contributed by atoms with E-state index in [1.165, 1.54) is 39.5 Å². The van der Waals surface area contributed by atoms with Gasteiger partial charge < -0.3 is 19.3 Å². The Kier molecular flexibility index (Phi) is 5.16. The number of hydrogen-bond donors (Lipinski definition) is 2. The van der Waals surface area contributed by atoms with Crippen LogP contribution in [0.5, 0.6) is 17.2 Å². The number of pyridine rings is 1. The number of hydrogen-bond acceptors (Lipinski definition) is 6. The van der Waals surface area contributed by atoms with Crippen LogP contribution in [0.3, 0.4) is 0 Å². The number of benzene rings is 2. The summed E-state index contributed by atoms with van der Waals surface area (Å²) in [6, 6.07) is 10.5. The van der Waals surface area contributed by atoms with Crippen molar-refractivity contribution in [2.24, 2.45) is 0 Å². The van der Waals surface area contributed by atoms with Crippen LogP contribution in [0.4, 0.5) is 4.39 Å². The smallest absolute Gasteiger partial charge is 0.336 e. The zero-order valence-corrected chi connectivity index (χ0v) is 16.9. The maximum atomic E-state index is 13.3. The molecule has 2 heterocycles. The molecular weight excluding hydrogens is 405 g/mol. The van der Waals surface area contributed by atoms with Crippen LogP contribution < -0.4 is 14.2 Å². The summed E-state index contributed by atoms with van der Waals surface area (Å²) in [6.07, 6.45) is 0. The van der Waals surface area contributed by atoms with Crippen molar-refractivity contribution in [2.45, 2.75) is 0 Å². The summed E-state index contributed by atoms with van der Waals surface area (Å²) >= 11 is 0. The Morgan fingerprint density at radius 3 is 2.16 bits per heavy atom. The standard InChI is InChI=1S/C22H18FN3O5/c1-29-16-8-12(9-17(30-2)20(16)31-3)15-10-14(22(27)28)18-19(25-26-21(18)24-15)11-4-6-13(23)7-5-11/h4-10H,1-3H3,(H,27,28)(H,24,25,26). The highest BCUT2D eigenvalue weighted by Gasteiger charge is 2.21. The van der Waals surface area contributed by atoms with Crippen LogP contribution in [0.25, 0.3) is 33.5 Å². The summed E-state index contributed by atoms with van der Waals surface area (Å²) in [7, 11) is 4.47. The van der Waals surface area contributed by atoms with Gasteiger partial charge in [0.2, 0.25) is 5.75 Å². The van der Waals surface area contributed by atoms with Crippen molar-refractivity contribution in [3.8, 4) is 39.8 Å². The van der Waals surface area contributed by atoms with Crippen molar-refractivity contribution in [3.63, 3.8) is 0 Å². The van der Waals surface area contributed by atoms with Crippen molar-refractivity contribution in [1.82, 2.24) is 15.2 Å². The molecule has 0 bridgehead atoms. The van der Waals surface area contributed by atoms with Gasteiger partial charge in [-0.25, -0.2) is 14.2 Å². The van der Waals surface area contributed by atoms with Gasteiger partial charge in [-0.2, -0.15) is 5.10 Å². The third-order valence-electron chi connectivity index (χ3n) is 4.85. The molecule has 0 aliphatic carbocycles. The quantitative estimate of drug-likeness (QED) is 0.480. The third kappa shape index (κ3) is 3.50. The number of H-pyrrole nitrogens is 1. The predicted molar refractivity (Wildman–Crippen MR) is 111 cm³/mol. The first-order valence-electron chi connectivity index (χ1n) is 9.15. The van der Waals surface area contributed by atoms with E-state index < -0.39 is 11.8 Å². The largest absolute Gasteiger partial charge is 0.493 e. The van der Waals surface area contributed by atoms with Crippen molar-refractivity contribution in [3.05, 3.63) is 53.8 Å². The van der Waals surface area contributed by atoms with Crippen molar-refractivity contribution < 1.29 is 28.5 Å². The Balaban J connectivity index is 1.94. The van der Waals surface area contributed by atoms with E-state index >= 15 is 0 Å². The van der Waals surface area contributed by atoms with Gasteiger partial charge >= 0.3 is 5.97 Å². The van der Waals surface area contributed by atoms with Gasteiger partial charge in [0, 0.05) is 11.1 Å². The van der Waals surface area contributed by atoms with E-state index in [1.54, 1.807) is 24.3 Å². The van der Waals surface area contributed by atoms with Crippen LogP contribution >= 0.6 is 0 Å². The summed E-state index contributed by atoms with van der Waals surface area (Å²) in [5.74, 6) is -0.319. The molecule has 2 aromatic heterocycles. The van der Waals surface area contributed by atoms with Crippen molar-refractivity contribution >= 4 is 17.0 Å². The Morgan fingerprint density at radius 2 is 1.61 bits per heavy atom. The minimum absolute atomic E-state index is 0.00169. The number of aromatic carboxylic acids is 1. The lowest BCUT2D eigenvalue weighted by Crippen LogP contribution is -2.01. The predicted octanol–water partition coefficient (Wildman–Crippen LogP) is 4.16. The van der Waals surface area contributed by atoms with Crippen LogP contribution in [-0.2, 0) is 0 Å². The molecule has 4 aromatic rings. The van der Waals surface area contributed by atoms with Gasteiger partial charge in [-0.1, -0.05) is 0 Å². The average molecular weight is 423 g/mol. The number of carbonyl (C=O) groups is 1. The summed E-state index contributed by atoms with van der Waals surface area (Å²) in [6.45, 7) is 0. The van der Waals surface area contributed by atoms with Gasteiger partial charge in [-0.15, -0.1) is 0 Å². The van der Waals surface area contributed by atoms with E-state index in [1.807, 2.05) is 0 Å². The number of fused-ring (bicyclic) bond motifs is 1. The topological polar surface area (TPSA) is 107 Å².